The Morgan fingerprint density at radius 1 is 1.19 bits per heavy atom. The first-order valence-electron chi connectivity index (χ1n) is 9.54. The van der Waals surface area contributed by atoms with E-state index in [-0.39, 0.29) is 29.5 Å². The van der Waals surface area contributed by atoms with E-state index in [0.717, 1.165) is 25.7 Å². The minimum atomic E-state index is 0. The molecule has 2 rings (SSSR count). The quantitative estimate of drug-likeness (QED) is 0.222. The molecule has 1 fully saturated rings. The van der Waals surface area contributed by atoms with E-state index in [4.69, 9.17) is 4.74 Å². The van der Waals surface area contributed by atoms with Crippen molar-refractivity contribution in [3.8, 4) is 0 Å². The van der Waals surface area contributed by atoms with Crippen LogP contribution in [0.15, 0.2) is 35.3 Å². The molecule has 148 valence electrons. The predicted molar refractivity (Wildman–Crippen MR) is 120 cm³/mol. The summed E-state index contributed by atoms with van der Waals surface area (Å²) < 4.78 is 5.37. The van der Waals surface area contributed by atoms with Gasteiger partial charge in [-0.25, -0.2) is 0 Å². The number of hydrogen-bond acceptors (Lipinski definition) is 3. The molecule has 1 unspecified atom stereocenters. The molecule has 1 saturated carbocycles. The summed E-state index contributed by atoms with van der Waals surface area (Å²) in [6, 6.07) is 11.0. The van der Waals surface area contributed by atoms with Crippen LogP contribution >= 0.6 is 24.0 Å². The van der Waals surface area contributed by atoms with E-state index < -0.39 is 0 Å². The van der Waals surface area contributed by atoms with E-state index in [1.54, 1.807) is 0 Å². The van der Waals surface area contributed by atoms with Crippen molar-refractivity contribution in [2.45, 2.75) is 51.1 Å². The molecular weight excluding hydrogens is 439 g/mol. The normalized spacial score (nSPS) is 17.4. The summed E-state index contributed by atoms with van der Waals surface area (Å²) in [5.41, 5.74) is 1.47. The largest absolute Gasteiger partial charge is 0.380 e. The highest BCUT2D eigenvalue weighted by Gasteiger charge is 2.35. The first-order valence-corrected chi connectivity index (χ1v) is 9.54. The van der Waals surface area contributed by atoms with Gasteiger partial charge in [0.15, 0.2) is 5.96 Å². The first-order chi connectivity index (χ1) is 12.2. The van der Waals surface area contributed by atoms with Gasteiger partial charge in [-0.15, -0.1) is 24.0 Å². The summed E-state index contributed by atoms with van der Waals surface area (Å²) in [6.45, 7) is 7.37. The van der Waals surface area contributed by atoms with Gasteiger partial charge in [0, 0.05) is 38.3 Å². The number of benzene rings is 1. The Hall–Kier alpha value is -0.860. The van der Waals surface area contributed by atoms with Crippen LogP contribution in [0.4, 0.5) is 0 Å². The summed E-state index contributed by atoms with van der Waals surface area (Å²) in [6.07, 6.45) is 4.97. The number of halogens is 1. The second-order valence-corrected chi connectivity index (χ2v) is 6.81. The summed E-state index contributed by atoms with van der Waals surface area (Å²) in [4.78, 5) is 4.33. The van der Waals surface area contributed by atoms with Gasteiger partial charge in [0.25, 0.3) is 0 Å². The van der Waals surface area contributed by atoms with E-state index in [2.05, 4.69) is 58.2 Å². The van der Waals surface area contributed by atoms with E-state index in [1.165, 1.54) is 31.2 Å². The number of hydrogen-bond donors (Lipinski definition) is 3. The average Bonchev–Trinajstić information content (AvgIpc) is 3.10. The van der Waals surface area contributed by atoms with Gasteiger partial charge in [0.05, 0.1) is 6.61 Å². The molecule has 1 aliphatic carbocycles. The van der Waals surface area contributed by atoms with Gasteiger partial charge < -0.3 is 20.7 Å². The van der Waals surface area contributed by atoms with E-state index in [9.17, 15) is 0 Å². The Bertz CT molecular complexity index is 518. The van der Waals surface area contributed by atoms with Crippen LogP contribution in [-0.2, 0) is 4.74 Å². The molecule has 1 aliphatic rings. The van der Waals surface area contributed by atoms with Gasteiger partial charge >= 0.3 is 0 Å². The molecule has 0 heterocycles. The zero-order chi connectivity index (χ0) is 18.0. The highest BCUT2D eigenvalue weighted by atomic mass is 127. The molecule has 0 aliphatic heterocycles. The van der Waals surface area contributed by atoms with E-state index >= 15 is 0 Å². The first kappa shape index (κ1) is 23.2. The van der Waals surface area contributed by atoms with Crippen LogP contribution in [0.5, 0.6) is 0 Å². The second kappa shape index (κ2) is 12.5. The van der Waals surface area contributed by atoms with Crippen molar-refractivity contribution in [2.75, 3.05) is 33.4 Å². The fraction of sp³-hybridized carbons (Fsp3) is 0.650. The monoisotopic (exact) mass is 474 g/mol. The fourth-order valence-corrected chi connectivity index (χ4v) is 3.57. The summed E-state index contributed by atoms with van der Waals surface area (Å²) in [7, 11) is 1.82. The molecule has 0 amide bonds. The molecule has 0 saturated heterocycles. The van der Waals surface area contributed by atoms with E-state index in [1.807, 2.05) is 14.0 Å². The minimum Gasteiger partial charge on any atom is -0.380 e. The summed E-state index contributed by atoms with van der Waals surface area (Å²) >= 11 is 0. The molecule has 0 radical (unpaired) electrons. The van der Waals surface area contributed by atoms with Crippen molar-refractivity contribution in [3.05, 3.63) is 35.9 Å². The lowest BCUT2D eigenvalue weighted by Crippen LogP contribution is -2.54. The van der Waals surface area contributed by atoms with Gasteiger partial charge in [-0.1, -0.05) is 43.2 Å². The number of nitrogens with one attached hydrogen (secondary N) is 3. The fourth-order valence-electron chi connectivity index (χ4n) is 3.57. The van der Waals surface area contributed by atoms with E-state index in [0.29, 0.717) is 12.6 Å². The Labute approximate surface area is 175 Å². The maximum Gasteiger partial charge on any atom is 0.191 e. The predicted octanol–water partition coefficient (Wildman–Crippen LogP) is 3.47. The van der Waals surface area contributed by atoms with Crippen LogP contribution < -0.4 is 16.0 Å². The lowest BCUT2D eigenvalue weighted by molar-refractivity contribution is 0.152. The van der Waals surface area contributed by atoms with Crippen molar-refractivity contribution in [1.82, 2.24) is 16.0 Å². The Kier molecular flexibility index (Phi) is 11.2. The number of guanidine groups is 1. The molecule has 3 N–H and O–H groups in total. The molecule has 6 heteroatoms. The van der Waals surface area contributed by atoms with Gasteiger partial charge in [-0.05, 0) is 32.3 Å². The van der Waals surface area contributed by atoms with Gasteiger partial charge in [-0.3, -0.25) is 4.99 Å². The lowest BCUT2D eigenvalue weighted by atomic mass is 9.94. The smallest absolute Gasteiger partial charge is 0.191 e. The summed E-state index contributed by atoms with van der Waals surface area (Å²) in [5.74, 6) is 0.847. The molecule has 5 nitrogen and oxygen atoms in total. The van der Waals surface area contributed by atoms with Crippen molar-refractivity contribution in [3.63, 3.8) is 0 Å². The zero-order valence-corrected chi connectivity index (χ0v) is 18.7. The number of rotatable bonds is 9. The highest BCUT2D eigenvalue weighted by Crippen LogP contribution is 2.31. The SMILES string of the molecule is CCOCCNC(=NC)NCC1(NC(C)c2ccccc2)CCCC1.I. The minimum absolute atomic E-state index is 0. The Morgan fingerprint density at radius 2 is 1.88 bits per heavy atom. The maximum atomic E-state index is 5.37. The third-order valence-electron chi connectivity index (χ3n) is 4.94. The highest BCUT2D eigenvalue weighted by molar-refractivity contribution is 14.0. The molecule has 1 atom stereocenters. The third kappa shape index (κ3) is 7.40. The number of ether oxygens (including phenoxy) is 1. The molecule has 0 aromatic heterocycles. The van der Waals surface area contributed by atoms with Gasteiger partial charge in [-0.2, -0.15) is 0 Å². The van der Waals surface area contributed by atoms with Crippen LogP contribution in [-0.4, -0.2) is 44.8 Å². The zero-order valence-electron chi connectivity index (χ0n) is 16.4. The van der Waals surface area contributed by atoms with Gasteiger partial charge in [0.1, 0.15) is 0 Å². The standard InChI is InChI=1S/C20H34N4O.HI/c1-4-25-15-14-22-19(21-3)23-16-20(12-8-9-13-20)24-17(2)18-10-6-5-7-11-18;/h5-7,10-11,17,24H,4,8-9,12-16H2,1-3H3,(H2,21,22,23);1H. The molecule has 1 aromatic carbocycles. The van der Waals surface area contributed by atoms with Crippen molar-refractivity contribution >= 4 is 29.9 Å². The molecular formula is C20H35IN4O. The Morgan fingerprint density at radius 3 is 2.50 bits per heavy atom. The molecule has 0 bridgehead atoms. The molecule has 1 aromatic rings. The third-order valence-corrected chi connectivity index (χ3v) is 4.94. The van der Waals surface area contributed by atoms with Crippen LogP contribution in [0.2, 0.25) is 0 Å². The topological polar surface area (TPSA) is 57.7 Å². The second-order valence-electron chi connectivity index (χ2n) is 6.81. The molecule has 26 heavy (non-hydrogen) atoms. The van der Waals surface area contributed by atoms with Gasteiger partial charge in [0.2, 0.25) is 0 Å². The lowest BCUT2D eigenvalue weighted by Gasteiger charge is -2.35. The van der Waals surface area contributed by atoms with Crippen LogP contribution in [0.3, 0.4) is 0 Å². The number of nitrogens with zero attached hydrogens (tertiary/aromatic N) is 1. The van der Waals surface area contributed by atoms with Crippen LogP contribution in [0, 0.1) is 0 Å². The molecule has 0 spiro atoms. The maximum absolute atomic E-state index is 5.37. The number of aliphatic imine (C=N–C) groups is 1. The van der Waals surface area contributed by atoms with Crippen LogP contribution in [0.1, 0.15) is 51.1 Å². The van der Waals surface area contributed by atoms with Crippen molar-refractivity contribution < 1.29 is 4.74 Å². The van der Waals surface area contributed by atoms with Crippen molar-refractivity contribution in [1.29, 1.82) is 0 Å². The summed E-state index contributed by atoms with van der Waals surface area (Å²) in [5, 5.41) is 10.7. The average molecular weight is 474 g/mol. The Balaban J connectivity index is 0.00000338. The van der Waals surface area contributed by atoms with Crippen LogP contribution in [0.25, 0.3) is 0 Å². The van der Waals surface area contributed by atoms with Crippen molar-refractivity contribution in [2.24, 2.45) is 4.99 Å².